The molecule has 3 nitrogen and oxygen atoms in total. The fourth-order valence-corrected chi connectivity index (χ4v) is 1.93. The van der Waals surface area contributed by atoms with Crippen molar-refractivity contribution in [2.75, 3.05) is 13.7 Å². The maximum absolute atomic E-state index is 9.78. The van der Waals surface area contributed by atoms with Gasteiger partial charge in [-0.3, -0.25) is 0 Å². The van der Waals surface area contributed by atoms with Crippen molar-refractivity contribution in [2.45, 2.75) is 20.0 Å². The number of nitrogens with two attached hydrogens (primary N) is 1. The molecule has 1 aromatic rings. The van der Waals surface area contributed by atoms with E-state index < -0.39 is 6.10 Å². The number of aliphatic hydroxyl groups excluding tert-OH is 1. The molecule has 0 saturated carbocycles. The molecule has 0 saturated heterocycles. The maximum atomic E-state index is 9.78. The summed E-state index contributed by atoms with van der Waals surface area (Å²) in [4.78, 5) is 0. The van der Waals surface area contributed by atoms with E-state index in [0.29, 0.717) is 16.3 Å². The molecule has 3 N–H and O–H groups in total. The first kappa shape index (κ1) is 12.3. The summed E-state index contributed by atoms with van der Waals surface area (Å²) in [5, 5.41) is 10.3. The first-order valence-corrected chi connectivity index (χ1v) is 5.12. The first-order chi connectivity index (χ1) is 7.02. The smallest absolute Gasteiger partial charge is 0.129 e. The SMILES string of the molecule is COc1c(C)cc(C)c(Cl)c1C(O)CN. The third kappa shape index (κ3) is 2.25. The number of ether oxygens (including phenoxy) is 1. The van der Waals surface area contributed by atoms with E-state index in [2.05, 4.69) is 0 Å². The van der Waals surface area contributed by atoms with E-state index in [1.165, 1.54) is 0 Å². The topological polar surface area (TPSA) is 55.5 Å². The van der Waals surface area contributed by atoms with Crippen LogP contribution in [0.3, 0.4) is 0 Å². The summed E-state index contributed by atoms with van der Waals surface area (Å²) in [5.41, 5.74) is 7.88. The maximum Gasteiger partial charge on any atom is 0.129 e. The third-order valence-corrected chi connectivity index (χ3v) is 2.88. The van der Waals surface area contributed by atoms with Gasteiger partial charge in [-0.15, -0.1) is 0 Å². The van der Waals surface area contributed by atoms with E-state index in [9.17, 15) is 5.11 Å². The normalized spacial score (nSPS) is 12.7. The van der Waals surface area contributed by atoms with Crippen molar-refractivity contribution in [1.82, 2.24) is 0 Å². The highest BCUT2D eigenvalue weighted by atomic mass is 35.5. The Morgan fingerprint density at radius 3 is 2.53 bits per heavy atom. The molecule has 0 amide bonds. The number of methoxy groups -OCH3 is 1. The second kappa shape index (κ2) is 4.84. The minimum Gasteiger partial charge on any atom is -0.496 e. The van der Waals surface area contributed by atoms with Gasteiger partial charge in [0.2, 0.25) is 0 Å². The van der Waals surface area contributed by atoms with Crippen molar-refractivity contribution in [2.24, 2.45) is 5.73 Å². The Kier molecular flexibility index (Phi) is 3.97. The zero-order chi connectivity index (χ0) is 11.6. The molecule has 84 valence electrons. The Labute approximate surface area is 94.8 Å². The molecule has 0 aromatic heterocycles. The molecule has 1 unspecified atom stereocenters. The molecule has 1 rings (SSSR count). The summed E-state index contributed by atoms with van der Waals surface area (Å²) in [6.45, 7) is 3.93. The van der Waals surface area contributed by atoms with Crippen molar-refractivity contribution in [3.63, 3.8) is 0 Å². The van der Waals surface area contributed by atoms with Crippen LogP contribution in [0.4, 0.5) is 0 Å². The van der Waals surface area contributed by atoms with Gasteiger partial charge in [0.05, 0.1) is 18.2 Å². The molecule has 0 bridgehead atoms. The molecule has 0 spiro atoms. The predicted octanol–water partition coefficient (Wildman–Crippen LogP) is 1.96. The Hall–Kier alpha value is -0.770. The first-order valence-electron chi connectivity index (χ1n) is 4.74. The molecule has 0 aliphatic rings. The van der Waals surface area contributed by atoms with Crippen molar-refractivity contribution < 1.29 is 9.84 Å². The lowest BCUT2D eigenvalue weighted by Crippen LogP contribution is -2.14. The van der Waals surface area contributed by atoms with Gasteiger partial charge in [0.25, 0.3) is 0 Å². The van der Waals surface area contributed by atoms with Gasteiger partial charge in [0.15, 0.2) is 0 Å². The minimum atomic E-state index is -0.786. The van der Waals surface area contributed by atoms with E-state index in [0.717, 1.165) is 11.1 Å². The van der Waals surface area contributed by atoms with Gasteiger partial charge < -0.3 is 15.6 Å². The largest absolute Gasteiger partial charge is 0.496 e. The van der Waals surface area contributed by atoms with Crippen LogP contribution in [0.25, 0.3) is 0 Å². The number of aryl methyl sites for hydroxylation is 2. The minimum absolute atomic E-state index is 0.124. The predicted molar refractivity (Wildman–Crippen MR) is 61.5 cm³/mol. The lowest BCUT2D eigenvalue weighted by Gasteiger charge is -2.18. The molecule has 0 aliphatic carbocycles. The lowest BCUT2D eigenvalue weighted by atomic mass is 10.0. The molecule has 15 heavy (non-hydrogen) atoms. The van der Waals surface area contributed by atoms with E-state index in [4.69, 9.17) is 22.1 Å². The standard InChI is InChI=1S/C11H16ClNO2/c1-6-4-7(2)11(15-3)9(10(6)12)8(14)5-13/h4,8,14H,5,13H2,1-3H3. The van der Waals surface area contributed by atoms with E-state index in [1.54, 1.807) is 7.11 Å². The Morgan fingerprint density at radius 1 is 1.47 bits per heavy atom. The highest BCUT2D eigenvalue weighted by Gasteiger charge is 2.19. The zero-order valence-electron chi connectivity index (χ0n) is 9.17. The van der Waals surface area contributed by atoms with Gasteiger partial charge in [0.1, 0.15) is 5.75 Å². The van der Waals surface area contributed by atoms with Gasteiger partial charge >= 0.3 is 0 Å². The van der Waals surface area contributed by atoms with Crippen molar-refractivity contribution in [3.05, 3.63) is 27.8 Å². The molecule has 4 heteroatoms. The van der Waals surface area contributed by atoms with Crippen LogP contribution in [-0.2, 0) is 0 Å². The molecule has 1 aromatic carbocycles. The van der Waals surface area contributed by atoms with Crippen molar-refractivity contribution in [1.29, 1.82) is 0 Å². The van der Waals surface area contributed by atoms with Crippen LogP contribution < -0.4 is 10.5 Å². The average molecular weight is 230 g/mol. The van der Waals surface area contributed by atoms with Crippen LogP contribution in [0.2, 0.25) is 5.02 Å². The van der Waals surface area contributed by atoms with Crippen LogP contribution >= 0.6 is 11.6 Å². The molecule has 0 radical (unpaired) electrons. The Bertz CT molecular complexity index is 366. The van der Waals surface area contributed by atoms with Gasteiger partial charge in [-0.1, -0.05) is 17.7 Å². The number of halogens is 1. The third-order valence-electron chi connectivity index (χ3n) is 2.38. The zero-order valence-corrected chi connectivity index (χ0v) is 9.93. The van der Waals surface area contributed by atoms with Gasteiger partial charge in [-0.25, -0.2) is 0 Å². The van der Waals surface area contributed by atoms with E-state index in [-0.39, 0.29) is 6.54 Å². The Balaban J connectivity index is 3.43. The van der Waals surface area contributed by atoms with Crippen LogP contribution in [0.1, 0.15) is 22.8 Å². The summed E-state index contributed by atoms with van der Waals surface area (Å²) < 4.78 is 5.23. The van der Waals surface area contributed by atoms with Gasteiger partial charge in [0, 0.05) is 12.1 Å². The van der Waals surface area contributed by atoms with Crippen molar-refractivity contribution in [3.8, 4) is 5.75 Å². The number of hydrogen-bond acceptors (Lipinski definition) is 3. The van der Waals surface area contributed by atoms with E-state index in [1.807, 2.05) is 19.9 Å². The van der Waals surface area contributed by atoms with Crippen LogP contribution in [0, 0.1) is 13.8 Å². The second-order valence-electron chi connectivity index (χ2n) is 3.52. The summed E-state index contributed by atoms with van der Waals surface area (Å²) in [6.07, 6.45) is -0.786. The number of benzene rings is 1. The number of rotatable bonds is 3. The lowest BCUT2D eigenvalue weighted by molar-refractivity contribution is 0.182. The molecular formula is C11H16ClNO2. The average Bonchev–Trinajstić information content (AvgIpc) is 2.21. The summed E-state index contributed by atoms with van der Waals surface area (Å²) >= 11 is 6.13. The highest BCUT2D eigenvalue weighted by Crippen LogP contribution is 2.36. The Morgan fingerprint density at radius 2 is 2.07 bits per heavy atom. The van der Waals surface area contributed by atoms with Crippen LogP contribution in [-0.4, -0.2) is 18.8 Å². The summed E-state index contributed by atoms with van der Waals surface area (Å²) in [7, 11) is 1.56. The molecule has 0 aliphatic heterocycles. The molecule has 0 heterocycles. The summed E-state index contributed by atoms with van der Waals surface area (Å²) in [6, 6.07) is 1.92. The fraction of sp³-hybridized carbons (Fsp3) is 0.455. The van der Waals surface area contributed by atoms with Gasteiger partial charge in [-0.05, 0) is 25.0 Å². The van der Waals surface area contributed by atoms with E-state index >= 15 is 0 Å². The highest BCUT2D eigenvalue weighted by molar-refractivity contribution is 6.32. The number of aliphatic hydroxyl groups is 1. The molecular weight excluding hydrogens is 214 g/mol. The van der Waals surface area contributed by atoms with Crippen LogP contribution in [0.15, 0.2) is 6.07 Å². The monoisotopic (exact) mass is 229 g/mol. The fourth-order valence-electron chi connectivity index (χ4n) is 1.66. The summed E-state index contributed by atoms with van der Waals surface area (Å²) in [5.74, 6) is 0.614. The second-order valence-corrected chi connectivity index (χ2v) is 3.90. The molecule has 0 fully saturated rings. The van der Waals surface area contributed by atoms with Crippen molar-refractivity contribution >= 4 is 11.6 Å². The number of hydrogen-bond donors (Lipinski definition) is 2. The van der Waals surface area contributed by atoms with Gasteiger partial charge in [-0.2, -0.15) is 0 Å². The molecule has 1 atom stereocenters. The van der Waals surface area contributed by atoms with Crippen LogP contribution in [0.5, 0.6) is 5.75 Å². The quantitative estimate of drug-likeness (QED) is 0.833.